The molecule has 0 bridgehead atoms. The molecule has 0 aromatic heterocycles. The van der Waals surface area contributed by atoms with Gasteiger partial charge in [0.2, 0.25) is 5.91 Å². The minimum atomic E-state index is -5.69. The fourth-order valence-electron chi connectivity index (χ4n) is 6.73. The summed E-state index contributed by atoms with van der Waals surface area (Å²) in [5.41, 5.74) is -2.81. The largest absolute Gasteiger partial charge is 0.534 e. The van der Waals surface area contributed by atoms with E-state index in [4.69, 9.17) is 0 Å². The lowest BCUT2D eigenvalue weighted by Gasteiger charge is -2.50. The number of allylic oxidation sites excluding steroid dienone is 1. The molecule has 3 aliphatic carbocycles. The lowest BCUT2D eigenvalue weighted by molar-refractivity contribution is -0.119. The smallest absolute Gasteiger partial charge is 0.376 e. The molecule has 1 N–H and O–H groups in total. The molecule has 4 rings (SSSR count). The number of hydrogen-bond acceptors (Lipinski definition) is 4. The molecular formula is C27H36F3NO4S. The number of hydrogen-bond donors (Lipinski definition) is 1. The number of carbonyl (C=O) groups is 1. The molecule has 1 aromatic carbocycles. The van der Waals surface area contributed by atoms with Crippen molar-refractivity contribution in [1.82, 2.24) is 5.32 Å². The van der Waals surface area contributed by atoms with Crippen LogP contribution in [-0.4, -0.2) is 26.4 Å². The SMILES string of the molecule is CCCCCCCNC(=O)C1=CC[C@H]2[C@@H]3CCc4cc(OS(=O)(=O)C(F)(F)F)ccc4[C@H]3CC[C@]12C. The summed E-state index contributed by atoms with van der Waals surface area (Å²) in [4.78, 5) is 13.1. The van der Waals surface area contributed by atoms with Crippen molar-refractivity contribution in [2.45, 2.75) is 89.5 Å². The summed E-state index contributed by atoms with van der Waals surface area (Å²) in [6.45, 7) is 5.10. The average Bonchev–Trinajstić information content (AvgIpc) is 3.17. The Balaban J connectivity index is 1.42. The van der Waals surface area contributed by atoms with Gasteiger partial charge in [-0.1, -0.05) is 51.7 Å². The minimum Gasteiger partial charge on any atom is -0.376 e. The number of nitrogens with one attached hydrogen (secondary N) is 1. The van der Waals surface area contributed by atoms with Gasteiger partial charge in [-0.15, -0.1) is 0 Å². The van der Waals surface area contributed by atoms with Gasteiger partial charge in [0.25, 0.3) is 0 Å². The summed E-state index contributed by atoms with van der Waals surface area (Å²) < 4.78 is 65.3. The first-order valence-electron chi connectivity index (χ1n) is 13.1. The molecule has 36 heavy (non-hydrogen) atoms. The van der Waals surface area contributed by atoms with Crippen LogP contribution in [0.3, 0.4) is 0 Å². The Morgan fingerprint density at radius 2 is 1.92 bits per heavy atom. The Hall–Kier alpha value is -2.03. The van der Waals surface area contributed by atoms with E-state index in [1.165, 1.54) is 31.4 Å². The summed E-state index contributed by atoms with van der Waals surface area (Å²) in [5, 5.41) is 3.13. The van der Waals surface area contributed by atoms with Gasteiger partial charge in [-0.2, -0.15) is 21.6 Å². The maximum atomic E-state index is 13.1. The van der Waals surface area contributed by atoms with Crippen LogP contribution in [0.4, 0.5) is 13.2 Å². The van der Waals surface area contributed by atoms with E-state index >= 15 is 0 Å². The highest BCUT2D eigenvalue weighted by Gasteiger charge is 2.53. The molecule has 0 radical (unpaired) electrons. The Morgan fingerprint density at radius 1 is 1.17 bits per heavy atom. The molecule has 1 aromatic rings. The summed E-state index contributed by atoms with van der Waals surface area (Å²) >= 11 is 0. The van der Waals surface area contributed by atoms with Crippen LogP contribution in [0.2, 0.25) is 0 Å². The zero-order valence-corrected chi connectivity index (χ0v) is 21.8. The van der Waals surface area contributed by atoms with E-state index < -0.39 is 15.6 Å². The molecule has 3 aliphatic rings. The molecule has 200 valence electrons. The third-order valence-electron chi connectivity index (χ3n) is 8.58. The number of rotatable bonds is 9. The van der Waals surface area contributed by atoms with Crippen LogP contribution in [0, 0.1) is 17.3 Å². The number of fused-ring (bicyclic) bond motifs is 5. The summed E-state index contributed by atoms with van der Waals surface area (Å²) in [5.74, 6) is 0.711. The second-order valence-electron chi connectivity index (χ2n) is 10.7. The van der Waals surface area contributed by atoms with Gasteiger partial charge >= 0.3 is 15.6 Å². The molecule has 1 fully saturated rings. The summed E-state index contributed by atoms with van der Waals surface area (Å²) in [6.07, 6.45) is 12.0. The van der Waals surface area contributed by atoms with E-state index in [1.54, 1.807) is 6.07 Å². The molecule has 0 spiro atoms. The number of aryl methyl sites for hydroxylation is 1. The van der Waals surface area contributed by atoms with Gasteiger partial charge in [0.05, 0.1) is 0 Å². The number of amides is 1. The monoisotopic (exact) mass is 527 g/mol. The maximum absolute atomic E-state index is 13.1. The van der Waals surface area contributed by atoms with Gasteiger partial charge < -0.3 is 9.50 Å². The van der Waals surface area contributed by atoms with Gasteiger partial charge in [0, 0.05) is 17.5 Å². The molecule has 0 heterocycles. The number of halogens is 3. The molecule has 9 heteroatoms. The van der Waals surface area contributed by atoms with Gasteiger partial charge in [-0.05, 0) is 79.5 Å². The van der Waals surface area contributed by atoms with Gasteiger partial charge in [-0.25, -0.2) is 0 Å². The first kappa shape index (κ1) is 27.0. The highest BCUT2D eigenvalue weighted by atomic mass is 32.2. The second-order valence-corrected chi connectivity index (χ2v) is 12.3. The molecule has 0 aliphatic heterocycles. The standard InChI is InChI=1S/C27H36F3NO4S/c1-3-4-5-6-7-16-31-25(32)24-13-12-23-22-10-8-18-17-19(35-36(33,34)27(28,29)30)9-11-20(18)21(22)14-15-26(23,24)2/h9,11,13,17,21-23H,3-8,10,12,14-16H2,1-2H3,(H,31,32)/t21-,22-,23+,26+/m1/s1. The van der Waals surface area contributed by atoms with Crippen molar-refractivity contribution in [3.63, 3.8) is 0 Å². The quantitative estimate of drug-likeness (QED) is 0.229. The Kier molecular flexibility index (Phi) is 7.79. The Bertz CT molecular complexity index is 1110. The van der Waals surface area contributed by atoms with Crippen molar-refractivity contribution >= 4 is 16.0 Å². The van der Waals surface area contributed by atoms with Gasteiger partial charge in [0.15, 0.2) is 0 Å². The average molecular weight is 528 g/mol. The second kappa shape index (κ2) is 10.4. The highest BCUT2D eigenvalue weighted by molar-refractivity contribution is 7.88. The number of carbonyl (C=O) groups excluding carboxylic acids is 1. The normalized spacial score (nSPS) is 27.5. The lowest BCUT2D eigenvalue weighted by Crippen LogP contribution is -2.44. The third kappa shape index (κ3) is 5.18. The first-order chi connectivity index (χ1) is 17.0. The van der Waals surface area contributed by atoms with Crippen LogP contribution in [0.25, 0.3) is 0 Å². The number of benzene rings is 1. The van der Waals surface area contributed by atoms with Crippen LogP contribution in [0.5, 0.6) is 5.75 Å². The van der Waals surface area contributed by atoms with Crippen molar-refractivity contribution in [1.29, 1.82) is 0 Å². The van der Waals surface area contributed by atoms with E-state index in [9.17, 15) is 26.4 Å². The summed E-state index contributed by atoms with van der Waals surface area (Å²) in [7, 11) is -5.69. The zero-order chi connectivity index (χ0) is 26.1. The van der Waals surface area contributed by atoms with Crippen molar-refractivity contribution in [3.8, 4) is 5.75 Å². The van der Waals surface area contributed by atoms with Gasteiger partial charge in [0.1, 0.15) is 5.75 Å². The maximum Gasteiger partial charge on any atom is 0.534 e. The molecule has 0 saturated heterocycles. The van der Waals surface area contributed by atoms with E-state index in [2.05, 4.69) is 29.4 Å². The van der Waals surface area contributed by atoms with Crippen LogP contribution in [0.1, 0.15) is 88.7 Å². The van der Waals surface area contributed by atoms with E-state index in [1.807, 2.05) is 0 Å². The molecule has 1 amide bonds. The first-order valence-corrected chi connectivity index (χ1v) is 14.5. The van der Waals surface area contributed by atoms with Crippen LogP contribution in [-0.2, 0) is 21.3 Å². The molecular weight excluding hydrogens is 491 g/mol. The van der Waals surface area contributed by atoms with Crippen LogP contribution in [0.15, 0.2) is 29.8 Å². The van der Waals surface area contributed by atoms with Crippen molar-refractivity contribution in [2.24, 2.45) is 17.3 Å². The number of alkyl halides is 3. The topological polar surface area (TPSA) is 72.5 Å². The number of unbranched alkanes of at least 4 members (excludes halogenated alkanes) is 4. The van der Waals surface area contributed by atoms with E-state index in [-0.39, 0.29) is 23.0 Å². The predicted octanol–water partition coefficient (Wildman–Crippen LogP) is 6.39. The van der Waals surface area contributed by atoms with Crippen molar-refractivity contribution < 1.29 is 30.6 Å². The molecule has 1 saturated carbocycles. The fourth-order valence-corrected chi connectivity index (χ4v) is 7.18. The molecule has 5 nitrogen and oxygen atoms in total. The van der Waals surface area contributed by atoms with Crippen molar-refractivity contribution in [3.05, 3.63) is 41.0 Å². The van der Waals surface area contributed by atoms with E-state index in [0.717, 1.165) is 55.2 Å². The highest BCUT2D eigenvalue weighted by Crippen LogP contribution is 2.61. The molecule has 4 atom stereocenters. The molecule has 0 unspecified atom stereocenters. The van der Waals surface area contributed by atoms with E-state index in [0.29, 0.717) is 24.8 Å². The van der Waals surface area contributed by atoms with Gasteiger partial charge in [-0.3, -0.25) is 4.79 Å². The lowest BCUT2D eigenvalue weighted by atomic mass is 9.54. The van der Waals surface area contributed by atoms with Crippen LogP contribution < -0.4 is 9.50 Å². The summed E-state index contributed by atoms with van der Waals surface area (Å²) in [6, 6.07) is 4.49. The van der Waals surface area contributed by atoms with Crippen LogP contribution >= 0.6 is 0 Å². The zero-order valence-electron chi connectivity index (χ0n) is 21.0. The minimum absolute atomic E-state index is 0.0535. The third-order valence-corrected chi connectivity index (χ3v) is 9.56. The Labute approximate surface area is 212 Å². The predicted molar refractivity (Wildman–Crippen MR) is 132 cm³/mol. The Morgan fingerprint density at radius 3 is 2.64 bits per heavy atom. The van der Waals surface area contributed by atoms with Crippen molar-refractivity contribution in [2.75, 3.05) is 6.54 Å². The fraction of sp³-hybridized carbons (Fsp3) is 0.667.